The molecule has 4 aromatic rings. The molecule has 10 heteroatoms. The number of alkyl halides is 3. The van der Waals surface area contributed by atoms with E-state index in [1.807, 2.05) is 12.1 Å². The molecule has 32 heavy (non-hydrogen) atoms. The van der Waals surface area contributed by atoms with Gasteiger partial charge in [-0.25, -0.2) is 4.98 Å². The Morgan fingerprint density at radius 2 is 1.75 bits per heavy atom. The van der Waals surface area contributed by atoms with Crippen molar-refractivity contribution in [2.75, 3.05) is 6.61 Å². The number of aromatic nitrogens is 5. The number of hydrogen-bond acceptors (Lipinski definition) is 6. The summed E-state index contributed by atoms with van der Waals surface area (Å²) in [5.41, 5.74) is 0.407. The Kier molecular flexibility index (Phi) is 6.48. The normalized spacial score (nSPS) is 11.6. The van der Waals surface area contributed by atoms with Gasteiger partial charge in [-0.3, -0.25) is 0 Å². The van der Waals surface area contributed by atoms with E-state index < -0.39 is 11.7 Å². The first kappa shape index (κ1) is 21.5. The maximum atomic E-state index is 12.9. The van der Waals surface area contributed by atoms with E-state index in [9.17, 15) is 13.2 Å². The van der Waals surface area contributed by atoms with Crippen molar-refractivity contribution in [2.24, 2.45) is 0 Å². The lowest BCUT2D eigenvalue weighted by atomic mass is 10.1. The van der Waals surface area contributed by atoms with Gasteiger partial charge in [-0.1, -0.05) is 17.3 Å². The molecule has 0 saturated carbocycles. The number of pyridine rings is 1. The highest BCUT2D eigenvalue weighted by Gasteiger charge is 2.30. The number of nitrogens with one attached hydrogen (secondary N) is 1. The van der Waals surface area contributed by atoms with Gasteiger partial charge in [-0.15, -0.1) is 10.2 Å². The smallest absolute Gasteiger partial charge is 0.416 e. The fourth-order valence-electron chi connectivity index (χ4n) is 3.10. The van der Waals surface area contributed by atoms with Gasteiger partial charge in [0.25, 0.3) is 0 Å². The van der Waals surface area contributed by atoms with Gasteiger partial charge in [0, 0.05) is 17.9 Å². The summed E-state index contributed by atoms with van der Waals surface area (Å²) in [4.78, 5) is 4.39. The molecule has 7 nitrogen and oxygen atoms in total. The quantitative estimate of drug-likeness (QED) is 0.376. The van der Waals surface area contributed by atoms with Crippen LogP contribution < -0.4 is 9.47 Å². The molecule has 0 aliphatic heterocycles. The van der Waals surface area contributed by atoms with Crippen molar-refractivity contribution < 1.29 is 22.6 Å². The zero-order chi connectivity index (χ0) is 22.4. The monoisotopic (exact) mass is 443 g/mol. The van der Waals surface area contributed by atoms with Crippen molar-refractivity contribution in [1.29, 1.82) is 0 Å². The van der Waals surface area contributed by atoms with Crippen molar-refractivity contribution in [3.63, 3.8) is 0 Å². The molecule has 1 N–H and O–H groups in total. The minimum absolute atomic E-state index is 0.186. The van der Waals surface area contributed by atoms with Crippen molar-refractivity contribution >= 4 is 10.9 Å². The minimum Gasteiger partial charge on any atom is -0.493 e. The Balaban J connectivity index is 1.29. The fourth-order valence-corrected chi connectivity index (χ4v) is 3.10. The molecule has 0 unspecified atom stereocenters. The molecule has 0 aliphatic carbocycles. The molecule has 2 heterocycles. The first-order chi connectivity index (χ1) is 15.5. The third-order valence-electron chi connectivity index (χ3n) is 4.72. The van der Waals surface area contributed by atoms with Crippen LogP contribution >= 0.6 is 0 Å². The predicted octanol–water partition coefficient (Wildman–Crippen LogP) is 4.75. The van der Waals surface area contributed by atoms with Gasteiger partial charge in [0.1, 0.15) is 18.1 Å². The van der Waals surface area contributed by atoms with Gasteiger partial charge in [-0.2, -0.15) is 18.4 Å². The maximum Gasteiger partial charge on any atom is 0.416 e. The van der Waals surface area contributed by atoms with Gasteiger partial charge in [0.2, 0.25) is 0 Å². The number of nitrogens with zero attached hydrogens (tertiary/aromatic N) is 4. The lowest BCUT2D eigenvalue weighted by Gasteiger charge is -2.10. The van der Waals surface area contributed by atoms with Crippen LogP contribution in [-0.4, -0.2) is 32.2 Å². The molecule has 0 radical (unpaired) electrons. The number of aryl methyl sites for hydroxylation is 1. The second-order valence-corrected chi connectivity index (χ2v) is 7.10. The van der Waals surface area contributed by atoms with E-state index in [0.717, 1.165) is 31.4 Å². The summed E-state index contributed by atoms with van der Waals surface area (Å²) in [5.74, 6) is 1.99. The molecule has 2 aromatic carbocycles. The largest absolute Gasteiger partial charge is 0.493 e. The van der Waals surface area contributed by atoms with Crippen LogP contribution in [0.5, 0.6) is 11.5 Å². The van der Waals surface area contributed by atoms with Crippen LogP contribution in [0.25, 0.3) is 10.9 Å². The Morgan fingerprint density at radius 3 is 2.53 bits per heavy atom. The minimum atomic E-state index is -4.38. The third-order valence-corrected chi connectivity index (χ3v) is 4.72. The standard InChI is InChI=1S/C22H20F3N5O2/c23-22(24,25)16-8-10-20-15(12-16)7-9-17(26-20)14-32-19-5-3-4-18(13-19)31-11-2-1-6-21-27-29-30-28-21/h3-5,7-10,12-13H,1-2,6,11,14H2,(H,27,28,29,30). The second kappa shape index (κ2) is 9.63. The van der Waals surface area contributed by atoms with E-state index in [1.165, 1.54) is 6.07 Å². The van der Waals surface area contributed by atoms with Crippen LogP contribution in [-0.2, 0) is 19.2 Å². The highest BCUT2D eigenvalue weighted by atomic mass is 19.4. The number of ether oxygens (including phenoxy) is 2. The second-order valence-electron chi connectivity index (χ2n) is 7.10. The van der Waals surface area contributed by atoms with Gasteiger partial charge < -0.3 is 9.47 Å². The summed E-state index contributed by atoms with van der Waals surface area (Å²) < 4.78 is 50.1. The average Bonchev–Trinajstić information content (AvgIpc) is 3.30. The van der Waals surface area contributed by atoms with E-state index >= 15 is 0 Å². The lowest BCUT2D eigenvalue weighted by molar-refractivity contribution is -0.137. The third kappa shape index (κ3) is 5.71. The van der Waals surface area contributed by atoms with E-state index in [2.05, 4.69) is 25.6 Å². The average molecular weight is 443 g/mol. The lowest BCUT2D eigenvalue weighted by Crippen LogP contribution is -2.05. The van der Waals surface area contributed by atoms with Gasteiger partial charge in [-0.05, 0) is 49.2 Å². The van der Waals surface area contributed by atoms with Crippen LogP contribution in [0, 0.1) is 0 Å². The predicted molar refractivity (Wildman–Crippen MR) is 110 cm³/mol. The topological polar surface area (TPSA) is 85.8 Å². The Bertz CT molecular complexity index is 1170. The van der Waals surface area contributed by atoms with Crippen molar-refractivity contribution in [3.8, 4) is 11.5 Å². The Hall–Kier alpha value is -3.69. The number of H-pyrrole nitrogens is 1. The highest BCUT2D eigenvalue weighted by Crippen LogP contribution is 2.31. The summed E-state index contributed by atoms with van der Waals surface area (Å²) in [6.07, 6.45) is -1.92. The molecule has 2 aromatic heterocycles. The van der Waals surface area contributed by atoms with Crippen molar-refractivity contribution in [1.82, 2.24) is 25.6 Å². The molecule has 0 fully saturated rings. The zero-order valence-electron chi connectivity index (χ0n) is 17.0. The number of unbranched alkanes of at least 4 members (excludes halogenated alkanes) is 1. The fraction of sp³-hybridized carbons (Fsp3) is 0.273. The SMILES string of the molecule is FC(F)(F)c1ccc2nc(COc3cccc(OCCCCc4nn[nH]n4)c3)ccc2c1. The first-order valence-corrected chi connectivity index (χ1v) is 10.0. The molecule has 4 rings (SSSR count). The number of fused-ring (bicyclic) bond motifs is 1. The highest BCUT2D eigenvalue weighted by molar-refractivity contribution is 5.79. The zero-order valence-corrected chi connectivity index (χ0v) is 17.0. The van der Waals surface area contributed by atoms with Gasteiger partial charge >= 0.3 is 6.18 Å². The molecule has 0 bridgehead atoms. The van der Waals surface area contributed by atoms with E-state index in [-0.39, 0.29) is 6.61 Å². The van der Waals surface area contributed by atoms with E-state index in [0.29, 0.717) is 40.5 Å². The van der Waals surface area contributed by atoms with Crippen LogP contribution in [0.4, 0.5) is 13.2 Å². The number of hydrogen-bond donors (Lipinski definition) is 1. The molecule has 0 spiro atoms. The van der Waals surface area contributed by atoms with E-state index in [4.69, 9.17) is 9.47 Å². The molecular formula is C22H20F3N5O2. The van der Waals surface area contributed by atoms with Crippen molar-refractivity contribution in [3.05, 3.63) is 71.7 Å². The van der Waals surface area contributed by atoms with Gasteiger partial charge in [0.05, 0.1) is 23.4 Å². The number of aromatic amines is 1. The van der Waals surface area contributed by atoms with Crippen LogP contribution in [0.15, 0.2) is 54.6 Å². The summed E-state index contributed by atoms with van der Waals surface area (Å²) >= 11 is 0. The maximum absolute atomic E-state index is 12.9. The summed E-state index contributed by atoms with van der Waals surface area (Å²) in [7, 11) is 0. The Morgan fingerprint density at radius 1 is 0.906 bits per heavy atom. The van der Waals surface area contributed by atoms with E-state index in [1.54, 1.807) is 24.3 Å². The van der Waals surface area contributed by atoms with Crippen molar-refractivity contribution in [2.45, 2.75) is 32.0 Å². The van der Waals surface area contributed by atoms with Crippen LogP contribution in [0.2, 0.25) is 0 Å². The van der Waals surface area contributed by atoms with Crippen LogP contribution in [0.1, 0.15) is 29.9 Å². The molecule has 166 valence electrons. The molecule has 0 atom stereocenters. The number of rotatable bonds is 9. The van der Waals surface area contributed by atoms with Crippen LogP contribution in [0.3, 0.4) is 0 Å². The number of halogens is 3. The number of tetrazole rings is 1. The summed E-state index contributed by atoms with van der Waals surface area (Å²) in [6.45, 7) is 0.735. The van der Waals surface area contributed by atoms with Gasteiger partial charge in [0.15, 0.2) is 5.82 Å². The molecule has 0 amide bonds. The first-order valence-electron chi connectivity index (χ1n) is 10.0. The number of benzene rings is 2. The Labute approximate surface area is 181 Å². The summed E-state index contributed by atoms with van der Waals surface area (Å²) in [6, 6.07) is 14.0. The summed E-state index contributed by atoms with van der Waals surface area (Å²) in [5, 5.41) is 14.2. The molecular weight excluding hydrogens is 423 g/mol. The molecule has 0 aliphatic rings. The molecule has 0 saturated heterocycles.